The van der Waals surface area contributed by atoms with E-state index in [-0.39, 0.29) is 12.0 Å². The van der Waals surface area contributed by atoms with E-state index < -0.39 is 0 Å². The summed E-state index contributed by atoms with van der Waals surface area (Å²) in [6.07, 6.45) is 0.761. The van der Waals surface area contributed by atoms with Crippen LogP contribution in [0.2, 0.25) is 0 Å². The number of halogens is 1. The molecule has 0 spiro atoms. The van der Waals surface area contributed by atoms with Gasteiger partial charge in [-0.15, -0.1) is 11.6 Å². The molecular formula is C7H12ClNO2. The van der Waals surface area contributed by atoms with Crippen molar-refractivity contribution in [3.05, 3.63) is 0 Å². The summed E-state index contributed by atoms with van der Waals surface area (Å²) in [7, 11) is 0. The maximum Gasteiger partial charge on any atom is 0.223 e. The molecule has 0 bridgehead atoms. The third-order valence-electron chi connectivity index (χ3n) is 1.82. The molecule has 3 nitrogen and oxygen atoms in total. The number of hydrogen-bond donors (Lipinski definition) is 1. The molecular weight excluding hydrogens is 166 g/mol. The van der Waals surface area contributed by atoms with Crippen LogP contribution in [0.5, 0.6) is 0 Å². The highest BCUT2D eigenvalue weighted by atomic mass is 35.5. The van der Waals surface area contributed by atoms with Gasteiger partial charge in [-0.3, -0.25) is 4.79 Å². The first-order valence-electron chi connectivity index (χ1n) is 3.76. The van der Waals surface area contributed by atoms with Gasteiger partial charge in [0.2, 0.25) is 5.91 Å². The third kappa shape index (κ3) is 2.34. The Hall–Kier alpha value is -0.280. The van der Waals surface area contributed by atoms with Gasteiger partial charge in [-0.05, 0) is 6.42 Å². The second kappa shape index (κ2) is 3.93. The maximum atomic E-state index is 11.1. The SMILES string of the molecule is O=C(CCCl)N1CCC(O)C1. The van der Waals surface area contributed by atoms with Crippen LogP contribution in [0.3, 0.4) is 0 Å². The van der Waals surface area contributed by atoms with Crippen LogP contribution in [-0.4, -0.2) is 41.0 Å². The van der Waals surface area contributed by atoms with Gasteiger partial charge >= 0.3 is 0 Å². The average Bonchev–Trinajstić information content (AvgIpc) is 2.36. The van der Waals surface area contributed by atoms with Crippen molar-refractivity contribution >= 4 is 17.5 Å². The van der Waals surface area contributed by atoms with Crippen molar-refractivity contribution in [2.24, 2.45) is 0 Å². The monoisotopic (exact) mass is 177 g/mol. The first-order valence-corrected chi connectivity index (χ1v) is 4.29. The molecule has 1 aliphatic rings. The fourth-order valence-corrected chi connectivity index (χ4v) is 1.37. The van der Waals surface area contributed by atoms with Gasteiger partial charge in [0, 0.05) is 25.4 Å². The number of alkyl halides is 1. The fourth-order valence-electron chi connectivity index (χ4n) is 1.21. The number of aliphatic hydroxyl groups excluding tert-OH is 1. The van der Waals surface area contributed by atoms with Gasteiger partial charge in [-0.1, -0.05) is 0 Å². The van der Waals surface area contributed by atoms with Crippen molar-refractivity contribution in [2.45, 2.75) is 18.9 Å². The fraction of sp³-hybridized carbons (Fsp3) is 0.857. The van der Waals surface area contributed by atoms with Crippen LogP contribution < -0.4 is 0 Å². The predicted octanol–water partition coefficient (Wildman–Crippen LogP) is 0.208. The van der Waals surface area contributed by atoms with Crippen LogP contribution in [0.4, 0.5) is 0 Å². The van der Waals surface area contributed by atoms with Gasteiger partial charge in [0.25, 0.3) is 0 Å². The number of likely N-dealkylation sites (tertiary alicyclic amines) is 1. The largest absolute Gasteiger partial charge is 0.391 e. The Bertz CT molecular complexity index is 151. The Balaban J connectivity index is 2.31. The van der Waals surface area contributed by atoms with Gasteiger partial charge in [0.05, 0.1) is 6.10 Å². The predicted molar refractivity (Wildman–Crippen MR) is 42.5 cm³/mol. The lowest BCUT2D eigenvalue weighted by molar-refractivity contribution is -0.130. The molecule has 4 heteroatoms. The number of hydrogen-bond acceptors (Lipinski definition) is 2. The quantitative estimate of drug-likeness (QED) is 0.613. The molecule has 0 aromatic carbocycles. The minimum Gasteiger partial charge on any atom is -0.391 e. The second-order valence-corrected chi connectivity index (χ2v) is 3.10. The molecule has 1 N–H and O–H groups in total. The summed E-state index contributed by atoms with van der Waals surface area (Å²) in [6.45, 7) is 1.16. The van der Waals surface area contributed by atoms with Crippen molar-refractivity contribution in [3.63, 3.8) is 0 Å². The van der Waals surface area contributed by atoms with E-state index in [9.17, 15) is 4.79 Å². The number of amides is 1. The normalized spacial score (nSPS) is 24.2. The summed E-state index contributed by atoms with van der Waals surface area (Å²) >= 11 is 5.40. The summed E-state index contributed by atoms with van der Waals surface area (Å²) < 4.78 is 0. The number of nitrogens with zero attached hydrogens (tertiary/aromatic N) is 1. The molecule has 0 radical (unpaired) electrons. The van der Waals surface area contributed by atoms with E-state index in [0.717, 1.165) is 0 Å². The molecule has 1 unspecified atom stereocenters. The van der Waals surface area contributed by atoms with E-state index in [1.54, 1.807) is 4.90 Å². The van der Waals surface area contributed by atoms with E-state index in [1.807, 2.05) is 0 Å². The van der Waals surface area contributed by atoms with Crippen molar-refractivity contribution in [1.82, 2.24) is 4.90 Å². The minimum atomic E-state index is -0.325. The molecule has 64 valence electrons. The van der Waals surface area contributed by atoms with Crippen LogP contribution in [0, 0.1) is 0 Å². The molecule has 1 rings (SSSR count). The number of aliphatic hydroxyl groups is 1. The lowest BCUT2D eigenvalue weighted by Gasteiger charge is -2.13. The number of carbonyl (C=O) groups excluding carboxylic acids is 1. The van der Waals surface area contributed by atoms with Crippen molar-refractivity contribution in [3.8, 4) is 0 Å². The first-order chi connectivity index (χ1) is 5.24. The highest BCUT2D eigenvalue weighted by Gasteiger charge is 2.23. The first kappa shape index (κ1) is 8.81. The van der Waals surface area contributed by atoms with Crippen LogP contribution in [0.1, 0.15) is 12.8 Å². The molecule has 11 heavy (non-hydrogen) atoms. The molecule has 1 saturated heterocycles. The van der Waals surface area contributed by atoms with E-state index in [4.69, 9.17) is 16.7 Å². The minimum absolute atomic E-state index is 0.0524. The van der Waals surface area contributed by atoms with Crippen molar-refractivity contribution in [1.29, 1.82) is 0 Å². The van der Waals surface area contributed by atoms with Gasteiger partial charge in [0.15, 0.2) is 0 Å². The molecule has 0 aromatic heterocycles. The molecule has 1 aliphatic heterocycles. The van der Waals surface area contributed by atoms with Gasteiger partial charge in [-0.2, -0.15) is 0 Å². The summed E-state index contributed by atoms with van der Waals surface area (Å²) in [6, 6.07) is 0. The van der Waals surface area contributed by atoms with Crippen molar-refractivity contribution in [2.75, 3.05) is 19.0 Å². The Labute approximate surface area is 70.9 Å². The highest BCUT2D eigenvalue weighted by Crippen LogP contribution is 2.09. The topological polar surface area (TPSA) is 40.5 Å². The van der Waals surface area contributed by atoms with Crippen LogP contribution >= 0.6 is 11.6 Å². The Morgan fingerprint density at radius 3 is 2.91 bits per heavy atom. The number of β-amino-alcohol motifs (C(OH)–C–C–N with tert-alkyl or cyclic N) is 1. The van der Waals surface area contributed by atoms with Gasteiger partial charge in [-0.25, -0.2) is 0 Å². The Morgan fingerprint density at radius 1 is 1.73 bits per heavy atom. The zero-order valence-electron chi connectivity index (χ0n) is 6.29. The average molecular weight is 178 g/mol. The van der Waals surface area contributed by atoms with Gasteiger partial charge < -0.3 is 10.0 Å². The lowest BCUT2D eigenvalue weighted by Crippen LogP contribution is -2.29. The van der Waals surface area contributed by atoms with E-state index in [1.165, 1.54) is 0 Å². The van der Waals surface area contributed by atoms with Crippen molar-refractivity contribution < 1.29 is 9.90 Å². The third-order valence-corrected chi connectivity index (χ3v) is 2.01. The molecule has 1 heterocycles. The van der Waals surface area contributed by atoms with E-state index in [2.05, 4.69) is 0 Å². The highest BCUT2D eigenvalue weighted by molar-refractivity contribution is 6.18. The summed E-state index contributed by atoms with van der Waals surface area (Å²) in [4.78, 5) is 12.8. The summed E-state index contributed by atoms with van der Waals surface area (Å²) in [5.41, 5.74) is 0. The van der Waals surface area contributed by atoms with Crippen LogP contribution in [-0.2, 0) is 4.79 Å². The van der Waals surface area contributed by atoms with Crippen LogP contribution in [0.15, 0.2) is 0 Å². The molecule has 0 aromatic rings. The zero-order chi connectivity index (χ0) is 8.27. The summed E-state index contributed by atoms with van der Waals surface area (Å²) in [5, 5.41) is 9.09. The number of carbonyl (C=O) groups is 1. The standard InChI is InChI=1S/C7H12ClNO2/c8-3-1-7(11)9-4-2-6(10)5-9/h6,10H,1-5H2. The van der Waals surface area contributed by atoms with E-state index >= 15 is 0 Å². The summed E-state index contributed by atoms with van der Waals surface area (Å²) in [5.74, 6) is 0.419. The van der Waals surface area contributed by atoms with Crippen LogP contribution in [0.25, 0.3) is 0 Å². The number of rotatable bonds is 2. The Morgan fingerprint density at radius 2 is 2.45 bits per heavy atom. The molecule has 1 atom stereocenters. The molecule has 1 amide bonds. The molecule has 0 aliphatic carbocycles. The maximum absolute atomic E-state index is 11.1. The van der Waals surface area contributed by atoms with Gasteiger partial charge in [0.1, 0.15) is 0 Å². The smallest absolute Gasteiger partial charge is 0.223 e. The second-order valence-electron chi connectivity index (χ2n) is 2.72. The zero-order valence-corrected chi connectivity index (χ0v) is 7.05. The Kier molecular flexibility index (Phi) is 3.15. The van der Waals surface area contributed by atoms with E-state index in [0.29, 0.717) is 31.8 Å². The molecule has 1 fully saturated rings. The molecule has 0 saturated carbocycles. The lowest BCUT2D eigenvalue weighted by atomic mass is 10.3.